The number of anilines is 1. The third-order valence-corrected chi connectivity index (χ3v) is 5.20. The fraction of sp³-hybridized carbons (Fsp3) is 0.350. The Kier molecular flexibility index (Phi) is 5.19. The van der Waals surface area contributed by atoms with E-state index in [0.717, 1.165) is 19.3 Å². The molecule has 10 heteroatoms. The molecule has 4 rings (SSSR count). The fourth-order valence-corrected chi connectivity index (χ4v) is 3.77. The number of rotatable bonds is 3. The Hall–Kier alpha value is -3.01. The molecule has 2 heterocycles. The first-order chi connectivity index (χ1) is 14.2. The molecule has 0 saturated heterocycles. The number of nitrogens with zero attached hydrogens (tertiary/aromatic N) is 3. The number of halogens is 4. The molecule has 0 unspecified atom stereocenters. The molecule has 3 N–H and O–H groups in total. The van der Waals surface area contributed by atoms with E-state index in [-0.39, 0.29) is 11.7 Å². The van der Waals surface area contributed by atoms with Crippen LogP contribution in [-0.2, 0) is 6.18 Å². The molecule has 2 atom stereocenters. The summed E-state index contributed by atoms with van der Waals surface area (Å²) >= 11 is 0. The van der Waals surface area contributed by atoms with E-state index >= 15 is 0 Å². The lowest BCUT2D eigenvalue weighted by molar-refractivity contribution is -0.137. The smallest absolute Gasteiger partial charge is 0.416 e. The van der Waals surface area contributed by atoms with Crippen molar-refractivity contribution in [3.8, 4) is 17.0 Å². The third kappa shape index (κ3) is 3.87. The Morgan fingerprint density at radius 2 is 1.90 bits per heavy atom. The molecule has 30 heavy (non-hydrogen) atoms. The van der Waals surface area contributed by atoms with Crippen molar-refractivity contribution in [3.63, 3.8) is 0 Å². The summed E-state index contributed by atoms with van der Waals surface area (Å²) in [6.45, 7) is 0. The van der Waals surface area contributed by atoms with Crippen molar-refractivity contribution >= 4 is 16.6 Å². The van der Waals surface area contributed by atoms with Crippen molar-refractivity contribution in [2.24, 2.45) is 0 Å². The van der Waals surface area contributed by atoms with E-state index in [9.17, 15) is 27.8 Å². The summed E-state index contributed by atoms with van der Waals surface area (Å²) in [5, 5.41) is 32.1. The van der Waals surface area contributed by atoms with Gasteiger partial charge >= 0.3 is 6.18 Å². The maximum Gasteiger partial charge on any atom is 0.416 e. The molecular formula is C20H18F4N4O2. The summed E-state index contributed by atoms with van der Waals surface area (Å²) < 4.78 is 53.3. The third-order valence-electron chi connectivity index (χ3n) is 5.20. The topological polar surface area (TPSA) is 91.2 Å². The van der Waals surface area contributed by atoms with Crippen LogP contribution in [0.5, 0.6) is 5.75 Å². The molecular weight excluding hydrogens is 404 g/mol. The molecule has 2 aromatic heterocycles. The Bertz CT molecular complexity index is 1070. The molecule has 0 bridgehead atoms. The summed E-state index contributed by atoms with van der Waals surface area (Å²) in [7, 11) is 0. The second-order valence-electron chi connectivity index (χ2n) is 7.33. The molecule has 0 spiro atoms. The summed E-state index contributed by atoms with van der Waals surface area (Å²) in [6.07, 6.45) is 0.659. The van der Waals surface area contributed by atoms with Crippen LogP contribution in [0.1, 0.15) is 31.2 Å². The average Bonchev–Trinajstić information content (AvgIpc) is 2.68. The van der Waals surface area contributed by atoms with Gasteiger partial charge in [0.25, 0.3) is 0 Å². The molecule has 1 aliphatic carbocycles. The zero-order chi connectivity index (χ0) is 21.5. The minimum Gasteiger partial charge on any atom is -0.507 e. The molecule has 1 fully saturated rings. The number of alkyl halides is 3. The molecule has 1 saturated carbocycles. The van der Waals surface area contributed by atoms with Gasteiger partial charge in [-0.25, -0.2) is 4.39 Å². The number of aliphatic hydroxyl groups is 1. The van der Waals surface area contributed by atoms with Gasteiger partial charge in [-0.2, -0.15) is 13.2 Å². The van der Waals surface area contributed by atoms with E-state index in [1.54, 1.807) is 0 Å². The summed E-state index contributed by atoms with van der Waals surface area (Å²) in [6, 6.07) is 2.27. The van der Waals surface area contributed by atoms with E-state index in [1.165, 1.54) is 18.5 Å². The van der Waals surface area contributed by atoms with E-state index in [2.05, 4.69) is 20.5 Å². The van der Waals surface area contributed by atoms with E-state index < -0.39 is 35.0 Å². The van der Waals surface area contributed by atoms with Crippen LogP contribution in [0, 0.1) is 5.82 Å². The van der Waals surface area contributed by atoms with Crippen molar-refractivity contribution in [1.29, 1.82) is 0 Å². The van der Waals surface area contributed by atoms with Crippen LogP contribution in [0.15, 0.2) is 30.6 Å². The summed E-state index contributed by atoms with van der Waals surface area (Å²) in [5.74, 6) is -1.77. The molecule has 0 radical (unpaired) electrons. The van der Waals surface area contributed by atoms with E-state index in [4.69, 9.17) is 0 Å². The largest absolute Gasteiger partial charge is 0.507 e. The lowest BCUT2D eigenvalue weighted by Crippen LogP contribution is -2.30. The molecule has 3 aromatic rings. The monoisotopic (exact) mass is 422 g/mol. The van der Waals surface area contributed by atoms with Crippen molar-refractivity contribution in [1.82, 2.24) is 15.2 Å². The maximum absolute atomic E-state index is 14.6. The van der Waals surface area contributed by atoms with Crippen LogP contribution < -0.4 is 5.32 Å². The van der Waals surface area contributed by atoms with Gasteiger partial charge in [-0.1, -0.05) is 0 Å². The molecule has 1 aliphatic rings. The van der Waals surface area contributed by atoms with Crippen LogP contribution in [-0.4, -0.2) is 37.5 Å². The van der Waals surface area contributed by atoms with Gasteiger partial charge in [0, 0.05) is 29.2 Å². The highest BCUT2D eigenvalue weighted by atomic mass is 19.4. The van der Waals surface area contributed by atoms with Crippen LogP contribution in [0.3, 0.4) is 0 Å². The van der Waals surface area contributed by atoms with Gasteiger partial charge in [0.05, 0.1) is 17.2 Å². The Morgan fingerprint density at radius 3 is 2.60 bits per heavy atom. The highest BCUT2D eigenvalue weighted by Gasteiger charge is 2.33. The van der Waals surface area contributed by atoms with Gasteiger partial charge in [0.2, 0.25) is 0 Å². The first-order valence-corrected chi connectivity index (χ1v) is 9.39. The number of hydrogen-bond donors (Lipinski definition) is 3. The predicted molar refractivity (Wildman–Crippen MR) is 101 cm³/mol. The highest BCUT2D eigenvalue weighted by Crippen LogP contribution is 2.40. The number of phenolic OH excluding ortho intramolecular Hbond substituents is 1. The number of aliphatic hydroxyl groups excluding tert-OH is 1. The summed E-state index contributed by atoms with van der Waals surface area (Å²) in [4.78, 5) is 4.05. The number of nitrogens with one attached hydrogen (secondary N) is 1. The van der Waals surface area contributed by atoms with Gasteiger partial charge in [-0.15, -0.1) is 10.2 Å². The Morgan fingerprint density at radius 1 is 1.10 bits per heavy atom. The minimum absolute atomic E-state index is 0.0338. The SMILES string of the molecule is Oc1cc(C(F)(F)F)cc(F)c1-c1nnc(N[C@H]2CCC[C@H](O)C2)c2cnccc12. The number of pyridine rings is 1. The Balaban J connectivity index is 1.79. The van der Waals surface area contributed by atoms with Crippen molar-refractivity contribution in [3.05, 3.63) is 42.0 Å². The molecule has 6 nitrogen and oxygen atoms in total. The maximum atomic E-state index is 14.6. The van der Waals surface area contributed by atoms with Gasteiger partial charge < -0.3 is 15.5 Å². The standard InChI is InChI=1S/C20H18F4N4O2/c21-15-6-10(20(22,23)24)7-16(30)17(15)18-13-4-5-25-9-14(13)19(28-27-18)26-11-2-1-3-12(29)8-11/h4-7,9,11-12,29-30H,1-3,8H2,(H,26,28)/t11-,12-/m0/s1. The van der Waals surface area contributed by atoms with Gasteiger partial charge in [0.15, 0.2) is 5.82 Å². The zero-order valence-electron chi connectivity index (χ0n) is 15.6. The number of fused-ring (bicyclic) bond motifs is 1. The molecule has 0 amide bonds. The predicted octanol–water partition coefficient (Wildman–Crippen LogP) is 4.27. The second-order valence-corrected chi connectivity index (χ2v) is 7.33. The van der Waals surface area contributed by atoms with E-state index in [1.807, 2.05) is 0 Å². The van der Waals surface area contributed by atoms with Crippen molar-refractivity contribution < 1.29 is 27.8 Å². The van der Waals surface area contributed by atoms with E-state index in [0.29, 0.717) is 35.1 Å². The quantitative estimate of drug-likeness (QED) is 0.546. The summed E-state index contributed by atoms with van der Waals surface area (Å²) in [5.41, 5.74) is -1.86. The van der Waals surface area contributed by atoms with Crippen LogP contribution >= 0.6 is 0 Å². The van der Waals surface area contributed by atoms with Crippen molar-refractivity contribution in [2.45, 2.75) is 44.0 Å². The first-order valence-electron chi connectivity index (χ1n) is 9.39. The fourth-order valence-electron chi connectivity index (χ4n) is 3.77. The second kappa shape index (κ2) is 7.67. The average molecular weight is 422 g/mol. The van der Waals surface area contributed by atoms with Gasteiger partial charge in [0.1, 0.15) is 17.3 Å². The normalized spacial score (nSPS) is 19.8. The van der Waals surface area contributed by atoms with Crippen LogP contribution in [0.2, 0.25) is 0 Å². The number of hydrogen-bond acceptors (Lipinski definition) is 6. The van der Waals surface area contributed by atoms with Crippen LogP contribution in [0.25, 0.3) is 22.0 Å². The number of benzene rings is 1. The number of aromatic hydroxyl groups is 1. The van der Waals surface area contributed by atoms with Gasteiger partial charge in [-0.3, -0.25) is 4.98 Å². The molecule has 1 aromatic carbocycles. The minimum atomic E-state index is -4.80. The molecule has 0 aliphatic heterocycles. The van der Waals surface area contributed by atoms with Gasteiger partial charge in [-0.05, 0) is 43.9 Å². The molecule has 158 valence electrons. The Labute approximate surface area is 168 Å². The van der Waals surface area contributed by atoms with Crippen LogP contribution in [0.4, 0.5) is 23.4 Å². The lowest BCUT2D eigenvalue weighted by Gasteiger charge is -2.27. The number of aromatic nitrogens is 3. The first kappa shape index (κ1) is 20.3. The van der Waals surface area contributed by atoms with Crippen molar-refractivity contribution in [2.75, 3.05) is 5.32 Å². The zero-order valence-corrected chi connectivity index (χ0v) is 15.6. The lowest BCUT2D eigenvalue weighted by atomic mass is 9.93. The highest BCUT2D eigenvalue weighted by molar-refractivity contribution is 6.00. The number of phenols is 1.